The molecule has 1 saturated heterocycles. The van der Waals surface area contributed by atoms with Gasteiger partial charge in [0.05, 0.1) is 12.8 Å². The maximum atomic E-state index is 13.6. The lowest BCUT2D eigenvalue weighted by Crippen LogP contribution is -2.44. The fourth-order valence-electron chi connectivity index (χ4n) is 4.43. The molecule has 0 radical (unpaired) electrons. The zero-order valence-corrected chi connectivity index (χ0v) is 20.3. The minimum absolute atomic E-state index is 0.135. The summed E-state index contributed by atoms with van der Waals surface area (Å²) in [6, 6.07) is 7.15. The summed E-state index contributed by atoms with van der Waals surface area (Å²) in [4.78, 5) is 29.8. The van der Waals surface area contributed by atoms with Gasteiger partial charge in [-0.15, -0.1) is 0 Å². The van der Waals surface area contributed by atoms with Gasteiger partial charge in [-0.2, -0.15) is 5.10 Å². The normalized spacial score (nSPS) is 17.3. The van der Waals surface area contributed by atoms with Gasteiger partial charge in [0.25, 0.3) is 11.8 Å². The number of aromatic nitrogens is 2. The standard InChI is InChI=1S/C26H32N6O3/c1-4-19(17-30-15-12-28-13-16-30)6-5-18(2)31-14-11-22-23(25(27)33)29-32(24(22)26(31)34)20-7-9-21(35-3)10-8-20/h4-10,28H,1,11-17H2,2-3H3,(H2,27,33)/b18-5+,19-6+. The Labute approximate surface area is 205 Å². The van der Waals surface area contributed by atoms with Gasteiger partial charge in [-0.25, -0.2) is 4.68 Å². The fraction of sp³-hybridized carbons (Fsp3) is 0.346. The number of primary amides is 1. The number of piperazine rings is 1. The molecule has 0 unspecified atom stereocenters. The number of nitrogens with two attached hydrogens (primary N) is 1. The molecular formula is C26H32N6O3. The van der Waals surface area contributed by atoms with E-state index in [1.165, 1.54) is 4.68 Å². The largest absolute Gasteiger partial charge is 0.497 e. The molecule has 3 N–H and O–H groups in total. The lowest BCUT2D eigenvalue weighted by molar-refractivity contribution is 0.0783. The SMILES string of the molecule is C=C/C(=C\C=C(/C)N1CCc2c(C(N)=O)nn(-c3ccc(OC)cc3)c2C1=O)CN1CCNCC1. The smallest absolute Gasteiger partial charge is 0.277 e. The van der Waals surface area contributed by atoms with E-state index < -0.39 is 5.91 Å². The summed E-state index contributed by atoms with van der Waals surface area (Å²) in [6.45, 7) is 11.1. The van der Waals surface area contributed by atoms with Crippen LogP contribution in [0.1, 0.15) is 33.5 Å². The van der Waals surface area contributed by atoms with Crippen LogP contribution in [-0.2, 0) is 6.42 Å². The Morgan fingerprint density at radius 1 is 1.20 bits per heavy atom. The number of fused-ring (bicyclic) bond motifs is 1. The molecule has 35 heavy (non-hydrogen) atoms. The average Bonchev–Trinajstić information content (AvgIpc) is 3.28. The van der Waals surface area contributed by atoms with Gasteiger partial charge < -0.3 is 20.7 Å². The lowest BCUT2D eigenvalue weighted by atomic mass is 10.0. The minimum Gasteiger partial charge on any atom is -0.497 e. The third kappa shape index (κ3) is 5.21. The number of methoxy groups -OCH3 is 1. The molecule has 0 atom stereocenters. The van der Waals surface area contributed by atoms with E-state index >= 15 is 0 Å². The Morgan fingerprint density at radius 3 is 2.54 bits per heavy atom. The highest BCUT2D eigenvalue weighted by atomic mass is 16.5. The number of nitrogens with one attached hydrogen (secondary N) is 1. The van der Waals surface area contributed by atoms with Crippen LogP contribution in [0.15, 0.2) is 60.3 Å². The second kappa shape index (κ2) is 10.7. The molecule has 1 aromatic carbocycles. The lowest BCUT2D eigenvalue weighted by Gasteiger charge is -2.28. The molecule has 0 bridgehead atoms. The zero-order valence-electron chi connectivity index (χ0n) is 20.3. The monoisotopic (exact) mass is 476 g/mol. The van der Waals surface area contributed by atoms with E-state index in [-0.39, 0.29) is 11.6 Å². The van der Waals surface area contributed by atoms with Crippen molar-refractivity contribution in [2.24, 2.45) is 5.73 Å². The summed E-state index contributed by atoms with van der Waals surface area (Å²) in [6.07, 6.45) is 6.31. The zero-order chi connectivity index (χ0) is 24.9. The van der Waals surface area contributed by atoms with Crippen LogP contribution < -0.4 is 15.8 Å². The number of carbonyl (C=O) groups excluding carboxylic acids is 2. The van der Waals surface area contributed by atoms with Crippen molar-refractivity contribution < 1.29 is 14.3 Å². The molecule has 9 nitrogen and oxygen atoms in total. The molecule has 2 aromatic rings. The Hall–Kier alpha value is -3.69. The van der Waals surface area contributed by atoms with Crippen LogP contribution in [0.5, 0.6) is 5.75 Å². The summed E-state index contributed by atoms with van der Waals surface area (Å²) in [5, 5.41) is 7.77. The van der Waals surface area contributed by atoms with Gasteiger partial charge in [-0.3, -0.25) is 14.5 Å². The molecular weight excluding hydrogens is 444 g/mol. The van der Waals surface area contributed by atoms with E-state index in [0.29, 0.717) is 35.7 Å². The van der Waals surface area contributed by atoms with Crippen molar-refractivity contribution in [1.82, 2.24) is 24.9 Å². The van der Waals surface area contributed by atoms with E-state index in [4.69, 9.17) is 10.5 Å². The van der Waals surface area contributed by atoms with Gasteiger partial charge in [0, 0.05) is 50.5 Å². The van der Waals surface area contributed by atoms with Crippen LogP contribution in [0.3, 0.4) is 0 Å². The number of allylic oxidation sites excluding steroid dienone is 3. The molecule has 184 valence electrons. The number of hydrogen-bond donors (Lipinski definition) is 2. The number of nitrogens with zero attached hydrogens (tertiary/aromatic N) is 4. The summed E-state index contributed by atoms with van der Waals surface area (Å²) in [7, 11) is 1.59. The van der Waals surface area contributed by atoms with Crippen molar-refractivity contribution >= 4 is 11.8 Å². The Bertz CT molecular complexity index is 1170. The number of ether oxygens (including phenoxy) is 1. The number of benzene rings is 1. The number of rotatable bonds is 8. The first-order valence-corrected chi connectivity index (χ1v) is 11.7. The quantitative estimate of drug-likeness (QED) is 0.564. The number of carbonyl (C=O) groups is 2. The molecule has 4 rings (SSSR count). The van der Waals surface area contributed by atoms with E-state index in [0.717, 1.165) is 44.0 Å². The summed E-state index contributed by atoms with van der Waals surface area (Å²) in [5.74, 6) is -0.178. The molecule has 1 fully saturated rings. The number of hydrogen-bond acceptors (Lipinski definition) is 6. The summed E-state index contributed by atoms with van der Waals surface area (Å²) < 4.78 is 6.74. The fourth-order valence-corrected chi connectivity index (χ4v) is 4.43. The predicted molar refractivity (Wildman–Crippen MR) is 135 cm³/mol. The van der Waals surface area contributed by atoms with Gasteiger partial charge in [-0.1, -0.05) is 18.7 Å². The molecule has 9 heteroatoms. The highest BCUT2D eigenvalue weighted by molar-refractivity contribution is 6.01. The van der Waals surface area contributed by atoms with Crippen LogP contribution in [-0.4, -0.2) is 77.8 Å². The third-order valence-corrected chi connectivity index (χ3v) is 6.41. The van der Waals surface area contributed by atoms with Crippen LogP contribution >= 0.6 is 0 Å². The molecule has 0 saturated carbocycles. The maximum Gasteiger partial charge on any atom is 0.277 e. The molecule has 2 aliphatic heterocycles. The van der Waals surface area contributed by atoms with Gasteiger partial charge in [0.1, 0.15) is 11.4 Å². The second-order valence-electron chi connectivity index (χ2n) is 8.64. The maximum absolute atomic E-state index is 13.6. The van der Waals surface area contributed by atoms with Crippen LogP contribution in [0.2, 0.25) is 0 Å². The van der Waals surface area contributed by atoms with Gasteiger partial charge >= 0.3 is 0 Å². The van der Waals surface area contributed by atoms with Gasteiger partial charge in [0.2, 0.25) is 0 Å². The van der Waals surface area contributed by atoms with Crippen LogP contribution in [0.4, 0.5) is 0 Å². The molecule has 0 spiro atoms. The third-order valence-electron chi connectivity index (χ3n) is 6.41. The summed E-state index contributed by atoms with van der Waals surface area (Å²) >= 11 is 0. The summed E-state index contributed by atoms with van der Waals surface area (Å²) in [5.41, 5.74) is 9.22. The van der Waals surface area contributed by atoms with Crippen molar-refractivity contribution in [3.8, 4) is 11.4 Å². The Morgan fingerprint density at radius 2 is 1.91 bits per heavy atom. The van der Waals surface area contributed by atoms with E-state index in [9.17, 15) is 9.59 Å². The minimum atomic E-state index is -0.645. The molecule has 2 aliphatic rings. The first kappa shape index (κ1) is 24.4. The van der Waals surface area contributed by atoms with Gasteiger partial charge in [-0.05, 0) is 49.3 Å². The average molecular weight is 477 g/mol. The van der Waals surface area contributed by atoms with E-state index in [2.05, 4.69) is 21.9 Å². The highest BCUT2D eigenvalue weighted by Gasteiger charge is 2.34. The predicted octanol–water partition coefficient (Wildman–Crippen LogP) is 1.90. The van der Waals surface area contributed by atoms with Crippen molar-refractivity contribution in [2.45, 2.75) is 13.3 Å². The molecule has 1 aromatic heterocycles. The van der Waals surface area contributed by atoms with Crippen LogP contribution in [0, 0.1) is 0 Å². The number of amides is 2. The van der Waals surface area contributed by atoms with Gasteiger partial charge in [0.15, 0.2) is 5.69 Å². The van der Waals surface area contributed by atoms with Crippen molar-refractivity contribution in [3.05, 3.63) is 77.3 Å². The molecule has 0 aliphatic carbocycles. The van der Waals surface area contributed by atoms with Crippen LogP contribution in [0.25, 0.3) is 5.69 Å². The van der Waals surface area contributed by atoms with Crippen molar-refractivity contribution in [2.75, 3.05) is 46.4 Å². The first-order chi connectivity index (χ1) is 16.9. The topological polar surface area (TPSA) is 106 Å². The van der Waals surface area contributed by atoms with E-state index in [1.807, 2.05) is 25.2 Å². The first-order valence-electron chi connectivity index (χ1n) is 11.7. The molecule has 2 amide bonds. The second-order valence-corrected chi connectivity index (χ2v) is 8.64. The molecule has 3 heterocycles. The Balaban J connectivity index is 1.62. The van der Waals surface area contributed by atoms with Crippen molar-refractivity contribution in [1.29, 1.82) is 0 Å². The van der Waals surface area contributed by atoms with Crippen molar-refractivity contribution in [3.63, 3.8) is 0 Å². The Kier molecular flexibility index (Phi) is 7.48. The van der Waals surface area contributed by atoms with E-state index in [1.54, 1.807) is 36.3 Å². The highest BCUT2D eigenvalue weighted by Crippen LogP contribution is 2.28.